The second kappa shape index (κ2) is 7.13. The summed E-state index contributed by atoms with van der Waals surface area (Å²) in [6.45, 7) is 3.69. The van der Waals surface area contributed by atoms with Gasteiger partial charge in [-0.1, -0.05) is 0 Å². The second-order valence-electron chi connectivity index (χ2n) is 3.99. The van der Waals surface area contributed by atoms with E-state index in [-0.39, 0.29) is 12.5 Å². The molecule has 7 heteroatoms. The molecule has 19 heavy (non-hydrogen) atoms. The maximum absolute atomic E-state index is 11.8. The van der Waals surface area contributed by atoms with Gasteiger partial charge in [0.15, 0.2) is 0 Å². The number of alkyl halides is 1. The van der Waals surface area contributed by atoms with E-state index >= 15 is 0 Å². The number of nitrogens with zero attached hydrogens (tertiary/aromatic N) is 2. The molecule has 0 unspecified atom stereocenters. The van der Waals surface area contributed by atoms with Crippen LogP contribution in [-0.2, 0) is 16.6 Å². The number of aryl methyl sites for hydroxylation is 2. The number of carbonyl (C=O) groups excluding carboxylic acids is 2. The van der Waals surface area contributed by atoms with Crippen molar-refractivity contribution < 1.29 is 14.3 Å². The van der Waals surface area contributed by atoms with Crippen LogP contribution in [0.1, 0.15) is 35.8 Å². The van der Waals surface area contributed by atoms with Crippen molar-refractivity contribution in [1.29, 1.82) is 0 Å². The molecular formula is C12H18ClN3O3. The van der Waals surface area contributed by atoms with E-state index in [0.29, 0.717) is 35.8 Å². The Bertz CT molecular complexity index is 471. The van der Waals surface area contributed by atoms with Crippen LogP contribution in [0.5, 0.6) is 0 Å². The van der Waals surface area contributed by atoms with Crippen LogP contribution in [0.15, 0.2) is 0 Å². The number of nitrogens with one attached hydrogen (secondary N) is 1. The van der Waals surface area contributed by atoms with E-state index in [0.717, 1.165) is 0 Å². The van der Waals surface area contributed by atoms with E-state index < -0.39 is 5.97 Å². The highest BCUT2D eigenvalue weighted by Crippen LogP contribution is 2.20. The summed E-state index contributed by atoms with van der Waals surface area (Å²) in [5, 5.41) is 6.80. The lowest BCUT2D eigenvalue weighted by molar-refractivity contribution is -0.116. The van der Waals surface area contributed by atoms with Gasteiger partial charge in [0, 0.05) is 19.3 Å². The molecule has 0 aliphatic heterocycles. The fourth-order valence-electron chi connectivity index (χ4n) is 1.67. The fraction of sp³-hybridized carbons (Fsp3) is 0.583. The normalized spacial score (nSPS) is 10.3. The van der Waals surface area contributed by atoms with Gasteiger partial charge in [0.05, 0.1) is 12.3 Å². The first-order chi connectivity index (χ1) is 9.01. The average Bonchev–Trinajstić information content (AvgIpc) is 2.62. The molecule has 1 amide bonds. The number of esters is 1. The predicted molar refractivity (Wildman–Crippen MR) is 72.5 cm³/mol. The molecule has 0 saturated heterocycles. The standard InChI is InChI=1S/C12H18ClN3O3/c1-4-19-12(18)10-8(2)15-16(3)11(10)14-9(17)6-5-7-13/h4-7H2,1-3H3,(H,14,17). The predicted octanol–water partition coefficient (Wildman–Crippen LogP) is 1.86. The Morgan fingerprint density at radius 3 is 2.74 bits per heavy atom. The van der Waals surface area contributed by atoms with E-state index in [2.05, 4.69) is 10.4 Å². The maximum atomic E-state index is 11.8. The lowest BCUT2D eigenvalue weighted by Crippen LogP contribution is -2.17. The summed E-state index contributed by atoms with van der Waals surface area (Å²) in [7, 11) is 1.66. The van der Waals surface area contributed by atoms with Gasteiger partial charge >= 0.3 is 5.97 Å². The van der Waals surface area contributed by atoms with E-state index in [9.17, 15) is 9.59 Å². The van der Waals surface area contributed by atoms with Gasteiger partial charge in [-0.05, 0) is 20.3 Å². The van der Waals surface area contributed by atoms with E-state index in [1.165, 1.54) is 4.68 Å². The minimum absolute atomic E-state index is 0.200. The molecule has 0 aromatic carbocycles. The number of rotatable bonds is 6. The summed E-state index contributed by atoms with van der Waals surface area (Å²) < 4.78 is 6.42. The number of halogens is 1. The van der Waals surface area contributed by atoms with Crippen LogP contribution in [0.25, 0.3) is 0 Å². The molecule has 1 N–H and O–H groups in total. The van der Waals surface area contributed by atoms with Gasteiger partial charge in [0.25, 0.3) is 0 Å². The molecule has 6 nitrogen and oxygen atoms in total. The van der Waals surface area contributed by atoms with Crippen LogP contribution in [0.3, 0.4) is 0 Å². The van der Waals surface area contributed by atoms with Crippen LogP contribution < -0.4 is 5.32 Å². The number of carbonyl (C=O) groups is 2. The lowest BCUT2D eigenvalue weighted by atomic mass is 10.2. The molecule has 0 radical (unpaired) electrons. The fourth-order valence-corrected chi connectivity index (χ4v) is 1.80. The number of anilines is 1. The number of amides is 1. The van der Waals surface area contributed by atoms with Gasteiger partial charge in [0.1, 0.15) is 11.4 Å². The summed E-state index contributed by atoms with van der Waals surface area (Å²) in [4.78, 5) is 23.5. The summed E-state index contributed by atoms with van der Waals surface area (Å²) >= 11 is 5.54. The molecule has 1 aromatic heterocycles. The third-order valence-corrected chi connectivity index (χ3v) is 2.76. The van der Waals surface area contributed by atoms with Crippen molar-refractivity contribution in [2.75, 3.05) is 17.8 Å². The van der Waals surface area contributed by atoms with Crippen molar-refractivity contribution in [3.05, 3.63) is 11.3 Å². The molecule has 0 saturated carbocycles. The van der Waals surface area contributed by atoms with Crippen molar-refractivity contribution in [2.24, 2.45) is 7.05 Å². The highest BCUT2D eigenvalue weighted by atomic mass is 35.5. The molecule has 0 spiro atoms. The summed E-state index contributed by atoms with van der Waals surface area (Å²) in [5.41, 5.74) is 0.817. The van der Waals surface area contributed by atoms with Crippen molar-refractivity contribution in [3.63, 3.8) is 0 Å². The van der Waals surface area contributed by atoms with Crippen LogP contribution in [0.4, 0.5) is 5.82 Å². The SMILES string of the molecule is CCOC(=O)c1c(C)nn(C)c1NC(=O)CCCCl. The molecule has 1 aromatic rings. The molecule has 0 aliphatic carbocycles. The Morgan fingerprint density at radius 1 is 1.47 bits per heavy atom. The second-order valence-corrected chi connectivity index (χ2v) is 4.37. The van der Waals surface area contributed by atoms with Crippen molar-refractivity contribution in [1.82, 2.24) is 9.78 Å². The third kappa shape index (κ3) is 3.96. The average molecular weight is 288 g/mol. The first-order valence-electron chi connectivity index (χ1n) is 6.07. The summed E-state index contributed by atoms with van der Waals surface area (Å²) in [6, 6.07) is 0. The van der Waals surface area contributed by atoms with Gasteiger partial charge in [0.2, 0.25) is 5.91 Å². The molecule has 1 rings (SSSR count). The van der Waals surface area contributed by atoms with Gasteiger partial charge < -0.3 is 10.1 Å². The van der Waals surface area contributed by atoms with Crippen molar-refractivity contribution in [3.8, 4) is 0 Å². The monoisotopic (exact) mass is 287 g/mol. The first kappa shape index (κ1) is 15.5. The largest absolute Gasteiger partial charge is 0.462 e. The van der Waals surface area contributed by atoms with Crippen LogP contribution in [0, 0.1) is 6.92 Å². The third-order valence-electron chi connectivity index (χ3n) is 2.50. The first-order valence-corrected chi connectivity index (χ1v) is 6.61. The zero-order valence-corrected chi connectivity index (χ0v) is 12.1. The number of aromatic nitrogens is 2. The van der Waals surface area contributed by atoms with Gasteiger partial charge in [-0.15, -0.1) is 11.6 Å². The molecule has 0 fully saturated rings. The van der Waals surface area contributed by atoms with E-state index in [1.54, 1.807) is 20.9 Å². The molecule has 0 aliphatic rings. The molecule has 0 atom stereocenters. The summed E-state index contributed by atoms with van der Waals surface area (Å²) in [6.07, 6.45) is 0.884. The molecule has 106 valence electrons. The Morgan fingerprint density at radius 2 is 2.16 bits per heavy atom. The smallest absolute Gasteiger partial charge is 0.343 e. The van der Waals surface area contributed by atoms with Crippen LogP contribution in [-0.4, -0.2) is 34.1 Å². The van der Waals surface area contributed by atoms with Gasteiger partial charge in [-0.25, -0.2) is 4.79 Å². The maximum Gasteiger partial charge on any atom is 0.343 e. The topological polar surface area (TPSA) is 73.2 Å². The van der Waals surface area contributed by atoms with Crippen LogP contribution in [0.2, 0.25) is 0 Å². The Labute approximate surface area is 117 Å². The van der Waals surface area contributed by atoms with Gasteiger partial charge in [-0.2, -0.15) is 5.10 Å². The van der Waals surface area contributed by atoms with Crippen molar-refractivity contribution in [2.45, 2.75) is 26.7 Å². The zero-order chi connectivity index (χ0) is 14.4. The van der Waals surface area contributed by atoms with Crippen molar-refractivity contribution >= 4 is 29.3 Å². The minimum atomic E-state index is -0.485. The molecule has 0 bridgehead atoms. The van der Waals surface area contributed by atoms with Gasteiger partial charge in [-0.3, -0.25) is 9.48 Å². The highest BCUT2D eigenvalue weighted by Gasteiger charge is 2.22. The Hall–Kier alpha value is -1.56. The molecular weight excluding hydrogens is 270 g/mol. The number of hydrogen-bond acceptors (Lipinski definition) is 4. The number of ether oxygens (including phenoxy) is 1. The molecule has 1 heterocycles. The highest BCUT2D eigenvalue weighted by molar-refractivity contribution is 6.18. The number of hydrogen-bond donors (Lipinski definition) is 1. The lowest BCUT2D eigenvalue weighted by Gasteiger charge is -2.08. The Balaban J connectivity index is 2.93. The van der Waals surface area contributed by atoms with Crippen LogP contribution >= 0.6 is 11.6 Å². The zero-order valence-electron chi connectivity index (χ0n) is 11.3. The Kier molecular flexibility index (Phi) is 5.82. The van der Waals surface area contributed by atoms with E-state index in [4.69, 9.17) is 16.3 Å². The minimum Gasteiger partial charge on any atom is -0.462 e. The van der Waals surface area contributed by atoms with E-state index in [1.807, 2.05) is 0 Å². The quantitative estimate of drug-likeness (QED) is 0.640. The summed E-state index contributed by atoms with van der Waals surface area (Å²) in [5.74, 6) is 0.0909.